The van der Waals surface area contributed by atoms with E-state index >= 15 is 0 Å². The van der Waals surface area contributed by atoms with Crippen molar-refractivity contribution in [3.8, 4) is 0 Å². The molecule has 0 N–H and O–H groups in total. The van der Waals surface area contributed by atoms with Gasteiger partial charge >= 0.3 is 0 Å². The second-order valence-electron chi connectivity index (χ2n) is 2.83. The van der Waals surface area contributed by atoms with Gasteiger partial charge in [0, 0.05) is 16.8 Å². The van der Waals surface area contributed by atoms with Crippen molar-refractivity contribution < 1.29 is 9.13 Å². The zero-order valence-electron chi connectivity index (χ0n) is 7.55. The van der Waals surface area contributed by atoms with Crippen LogP contribution in [0.1, 0.15) is 5.56 Å². The quantitative estimate of drug-likeness (QED) is 0.752. The molecule has 1 rings (SSSR count). The van der Waals surface area contributed by atoms with E-state index in [9.17, 15) is 4.39 Å². The molecule has 1 aromatic rings. The maximum absolute atomic E-state index is 13.1. The minimum atomic E-state index is -0.240. The van der Waals surface area contributed by atoms with Crippen molar-refractivity contribution in [1.82, 2.24) is 0 Å². The summed E-state index contributed by atoms with van der Waals surface area (Å²) in [6, 6.07) is 6.56. The van der Waals surface area contributed by atoms with Gasteiger partial charge in [0.05, 0.1) is 12.7 Å². The summed E-state index contributed by atoms with van der Waals surface area (Å²) in [5.41, 5.74) is 0.559. The molecule has 0 bridgehead atoms. The first-order chi connectivity index (χ1) is 6.77. The highest BCUT2D eigenvalue weighted by Crippen LogP contribution is 2.10. The molecule has 0 unspecified atom stereocenters. The lowest BCUT2D eigenvalue weighted by Crippen LogP contribution is -2.16. The van der Waals surface area contributed by atoms with Gasteiger partial charge in [-0.05, 0) is 6.07 Å². The fourth-order valence-electron chi connectivity index (χ4n) is 0.953. The number of hydrogen-bond acceptors (Lipinski definition) is 1. The summed E-state index contributed by atoms with van der Waals surface area (Å²) in [6.07, 6.45) is -0.0729. The van der Waals surface area contributed by atoms with E-state index in [1.165, 1.54) is 6.07 Å². The molecule has 4 heteroatoms. The molecule has 1 aromatic carbocycles. The zero-order chi connectivity index (χ0) is 10.4. The van der Waals surface area contributed by atoms with E-state index in [0.717, 1.165) is 0 Å². The summed E-state index contributed by atoms with van der Waals surface area (Å²) >= 11 is 8.89. The molecular formula is C10H11BrClFO. The van der Waals surface area contributed by atoms with Crippen LogP contribution in [0.25, 0.3) is 0 Å². The van der Waals surface area contributed by atoms with Crippen LogP contribution in [0.4, 0.5) is 4.39 Å². The summed E-state index contributed by atoms with van der Waals surface area (Å²) in [5, 5.41) is 0.658. The van der Waals surface area contributed by atoms with Crippen LogP contribution in [0.5, 0.6) is 0 Å². The number of ether oxygens (including phenoxy) is 1. The Bertz CT molecular complexity index is 279. The lowest BCUT2D eigenvalue weighted by Gasteiger charge is -2.12. The van der Waals surface area contributed by atoms with Crippen molar-refractivity contribution in [2.24, 2.45) is 0 Å². The standard InChI is InChI=1S/C10H11BrClFO/c11-5-9(6-12)14-7-8-3-1-2-4-10(8)13/h1-4,9H,5-7H2/t9-/m0/s1. The summed E-state index contributed by atoms with van der Waals surface area (Å²) in [5.74, 6) is 0.162. The fourth-order valence-corrected chi connectivity index (χ4v) is 1.83. The van der Waals surface area contributed by atoms with E-state index < -0.39 is 0 Å². The summed E-state index contributed by atoms with van der Waals surface area (Å²) < 4.78 is 18.5. The molecular weight excluding hydrogens is 270 g/mol. The van der Waals surface area contributed by atoms with Crippen LogP contribution in [0.3, 0.4) is 0 Å². The molecule has 0 radical (unpaired) electrons. The zero-order valence-corrected chi connectivity index (χ0v) is 9.89. The molecule has 0 heterocycles. The molecule has 0 fully saturated rings. The molecule has 0 aliphatic heterocycles. The van der Waals surface area contributed by atoms with Crippen molar-refractivity contribution in [2.75, 3.05) is 11.2 Å². The highest BCUT2D eigenvalue weighted by Gasteiger charge is 2.07. The third-order valence-corrected chi connectivity index (χ3v) is 2.84. The smallest absolute Gasteiger partial charge is 0.128 e. The van der Waals surface area contributed by atoms with Gasteiger partial charge < -0.3 is 4.74 Å². The Morgan fingerprint density at radius 1 is 1.43 bits per heavy atom. The van der Waals surface area contributed by atoms with Gasteiger partial charge in [-0.3, -0.25) is 0 Å². The molecule has 0 spiro atoms. The van der Waals surface area contributed by atoms with Crippen molar-refractivity contribution in [3.63, 3.8) is 0 Å². The van der Waals surface area contributed by atoms with Crippen LogP contribution in [-0.4, -0.2) is 17.3 Å². The van der Waals surface area contributed by atoms with Gasteiger partial charge in [0.25, 0.3) is 0 Å². The number of hydrogen-bond donors (Lipinski definition) is 0. The minimum Gasteiger partial charge on any atom is -0.371 e. The van der Waals surface area contributed by atoms with Gasteiger partial charge in [-0.2, -0.15) is 0 Å². The second-order valence-corrected chi connectivity index (χ2v) is 3.79. The molecule has 0 amide bonds. The first-order valence-corrected chi connectivity index (χ1v) is 5.90. The average Bonchev–Trinajstić information content (AvgIpc) is 2.22. The molecule has 1 nitrogen and oxygen atoms in total. The number of rotatable bonds is 5. The Labute approximate surface area is 96.3 Å². The Morgan fingerprint density at radius 2 is 2.14 bits per heavy atom. The Balaban J connectivity index is 2.49. The van der Waals surface area contributed by atoms with E-state index in [1.807, 2.05) is 0 Å². The SMILES string of the molecule is Fc1ccccc1CO[C@H](CCl)CBr. The van der Waals surface area contributed by atoms with Crippen LogP contribution < -0.4 is 0 Å². The van der Waals surface area contributed by atoms with Crippen molar-refractivity contribution in [1.29, 1.82) is 0 Å². The van der Waals surface area contributed by atoms with E-state index in [2.05, 4.69) is 15.9 Å². The van der Waals surface area contributed by atoms with Crippen LogP contribution in [0.2, 0.25) is 0 Å². The monoisotopic (exact) mass is 280 g/mol. The second kappa shape index (κ2) is 6.38. The largest absolute Gasteiger partial charge is 0.371 e. The first-order valence-electron chi connectivity index (χ1n) is 4.25. The number of halogens is 3. The molecule has 0 aliphatic carbocycles. The molecule has 0 aromatic heterocycles. The Morgan fingerprint density at radius 3 is 2.71 bits per heavy atom. The molecule has 14 heavy (non-hydrogen) atoms. The topological polar surface area (TPSA) is 9.23 Å². The molecule has 1 atom stereocenters. The van der Waals surface area contributed by atoms with E-state index in [-0.39, 0.29) is 18.5 Å². The van der Waals surface area contributed by atoms with E-state index in [0.29, 0.717) is 16.8 Å². The summed E-state index contributed by atoms with van der Waals surface area (Å²) in [6.45, 7) is 0.260. The fraction of sp³-hybridized carbons (Fsp3) is 0.400. The third-order valence-electron chi connectivity index (χ3n) is 1.78. The predicted octanol–water partition coefficient (Wildman–Crippen LogP) is 3.34. The summed E-state index contributed by atoms with van der Waals surface area (Å²) in [4.78, 5) is 0. The molecule has 0 saturated heterocycles. The molecule has 0 aliphatic rings. The highest BCUT2D eigenvalue weighted by molar-refractivity contribution is 9.09. The van der Waals surface area contributed by atoms with E-state index in [1.54, 1.807) is 18.2 Å². The normalized spacial score (nSPS) is 12.8. The van der Waals surface area contributed by atoms with Crippen molar-refractivity contribution in [3.05, 3.63) is 35.6 Å². The summed E-state index contributed by atoms with van der Waals surface area (Å²) in [7, 11) is 0. The predicted molar refractivity (Wildman–Crippen MR) is 59.5 cm³/mol. The highest BCUT2D eigenvalue weighted by atomic mass is 79.9. The third kappa shape index (κ3) is 3.56. The van der Waals surface area contributed by atoms with Gasteiger partial charge in [-0.15, -0.1) is 11.6 Å². The maximum atomic E-state index is 13.1. The van der Waals surface area contributed by atoms with Gasteiger partial charge in [0.2, 0.25) is 0 Å². The van der Waals surface area contributed by atoms with Gasteiger partial charge in [-0.1, -0.05) is 34.1 Å². The lowest BCUT2D eigenvalue weighted by atomic mass is 10.2. The Kier molecular flexibility index (Phi) is 5.45. The van der Waals surface area contributed by atoms with Crippen LogP contribution >= 0.6 is 27.5 Å². The van der Waals surface area contributed by atoms with Gasteiger partial charge in [0.1, 0.15) is 5.82 Å². The van der Waals surface area contributed by atoms with Crippen LogP contribution in [0.15, 0.2) is 24.3 Å². The minimum absolute atomic E-state index is 0.0729. The average molecular weight is 282 g/mol. The van der Waals surface area contributed by atoms with Crippen molar-refractivity contribution in [2.45, 2.75) is 12.7 Å². The molecule has 78 valence electrons. The van der Waals surface area contributed by atoms with Gasteiger partial charge in [-0.25, -0.2) is 4.39 Å². The van der Waals surface area contributed by atoms with Gasteiger partial charge in [0.15, 0.2) is 0 Å². The molecule has 0 saturated carbocycles. The lowest BCUT2D eigenvalue weighted by molar-refractivity contribution is 0.0699. The van der Waals surface area contributed by atoms with Crippen LogP contribution in [-0.2, 0) is 11.3 Å². The van der Waals surface area contributed by atoms with Crippen LogP contribution in [0, 0.1) is 5.82 Å². The van der Waals surface area contributed by atoms with Crippen molar-refractivity contribution >= 4 is 27.5 Å². The Hall–Kier alpha value is -0.120. The number of alkyl halides is 2. The first kappa shape index (κ1) is 12.0. The maximum Gasteiger partial charge on any atom is 0.128 e. The van der Waals surface area contributed by atoms with E-state index in [4.69, 9.17) is 16.3 Å². The number of benzene rings is 1.